The Morgan fingerprint density at radius 3 is 2.70 bits per heavy atom. The van der Waals surface area contributed by atoms with E-state index in [1.807, 2.05) is 0 Å². The van der Waals surface area contributed by atoms with Crippen LogP contribution in [0.4, 0.5) is 0 Å². The summed E-state index contributed by atoms with van der Waals surface area (Å²) in [5.74, 6) is -0.394. The molecular formula is C12H11Cl3N4O. The SMILES string of the molecule is CN=C(N)NC(=O)c1cc2c(C(Cl)(Cl)Cl)cccc2[nH]1. The first-order valence-electron chi connectivity index (χ1n) is 5.55. The minimum Gasteiger partial charge on any atom is -0.370 e. The highest BCUT2D eigenvalue weighted by Crippen LogP contribution is 2.41. The summed E-state index contributed by atoms with van der Waals surface area (Å²) >= 11 is 17.7. The van der Waals surface area contributed by atoms with E-state index in [0.29, 0.717) is 22.2 Å². The molecule has 0 radical (unpaired) electrons. The van der Waals surface area contributed by atoms with Crippen molar-refractivity contribution in [3.8, 4) is 0 Å². The predicted octanol–water partition coefficient (Wildman–Crippen LogP) is 2.67. The number of nitrogens with zero attached hydrogens (tertiary/aromatic N) is 1. The molecule has 4 N–H and O–H groups in total. The van der Waals surface area contributed by atoms with E-state index in [0.717, 1.165) is 0 Å². The van der Waals surface area contributed by atoms with Crippen molar-refractivity contribution in [2.24, 2.45) is 10.7 Å². The number of aromatic amines is 1. The predicted molar refractivity (Wildman–Crippen MR) is 82.5 cm³/mol. The molecule has 0 atom stereocenters. The first-order valence-corrected chi connectivity index (χ1v) is 6.69. The Morgan fingerprint density at radius 1 is 1.40 bits per heavy atom. The van der Waals surface area contributed by atoms with Crippen LogP contribution in [0.2, 0.25) is 0 Å². The number of halogens is 3. The lowest BCUT2D eigenvalue weighted by atomic mass is 10.1. The summed E-state index contributed by atoms with van der Waals surface area (Å²) in [6.45, 7) is 0. The summed E-state index contributed by atoms with van der Waals surface area (Å²) in [5.41, 5.74) is 6.92. The fourth-order valence-electron chi connectivity index (χ4n) is 1.76. The Bertz CT molecular complexity index is 688. The average Bonchev–Trinajstić information content (AvgIpc) is 2.80. The van der Waals surface area contributed by atoms with Crippen LogP contribution in [-0.4, -0.2) is 23.9 Å². The summed E-state index contributed by atoms with van der Waals surface area (Å²) in [5, 5.41) is 3.08. The van der Waals surface area contributed by atoms with Gasteiger partial charge in [-0.05, 0) is 12.1 Å². The smallest absolute Gasteiger partial charge is 0.274 e. The zero-order valence-electron chi connectivity index (χ0n) is 10.4. The number of rotatable bonds is 1. The molecule has 0 unspecified atom stereocenters. The van der Waals surface area contributed by atoms with Gasteiger partial charge in [0.2, 0.25) is 3.79 Å². The quantitative estimate of drug-likeness (QED) is 0.426. The van der Waals surface area contributed by atoms with Gasteiger partial charge in [-0.3, -0.25) is 15.1 Å². The van der Waals surface area contributed by atoms with Gasteiger partial charge in [0.15, 0.2) is 5.96 Å². The topological polar surface area (TPSA) is 83.3 Å². The number of guanidine groups is 1. The molecule has 8 heteroatoms. The van der Waals surface area contributed by atoms with Crippen LogP contribution in [0.3, 0.4) is 0 Å². The summed E-state index contributed by atoms with van der Waals surface area (Å²) in [7, 11) is 1.47. The monoisotopic (exact) mass is 332 g/mol. The molecule has 2 aromatic rings. The molecule has 0 aliphatic heterocycles. The second kappa shape index (κ2) is 5.52. The van der Waals surface area contributed by atoms with Crippen molar-refractivity contribution in [3.63, 3.8) is 0 Å². The van der Waals surface area contributed by atoms with Gasteiger partial charge < -0.3 is 10.7 Å². The molecule has 0 saturated heterocycles. The zero-order valence-corrected chi connectivity index (χ0v) is 12.6. The molecular weight excluding hydrogens is 323 g/mol. The normalized spacial score (nSPS) is 12.7. The molecule has 1 heterocycles. The van der Waals surface area contributed by atoms with Crippen LogP contribution in [-0.2, 0) is 3.79 Å². The van der Waals surface area contributed by atoms with E-state index in [9.17, 15) is 4.79 Å². The first kappa shape index (κ1) is 15.0. The number of benzene rings is 1. The number of aromatic nitrogens is 1. The molecule has 0 aliphatic carbocycles. The molecule has 0 aliphatic rings. The molecule has 2 rings (SSSR count). The third-order valence-electron chi connectivity index (χ3n) is 2.70. The summed E-state index contributed by atoms with van der Waals surface area (Å²) < 4.78 is -1.57. The van der Waals surface area contributed by atoms with Gasteiger partial charge in [-0.25, -0.2) is 0 Å². The highest BCUT2D eigenvalue weighted by molar-refractivity contribution is 6.67. The number of nitrogens with two attached hydrogens (primary N) is 1. The number of hydrogen-bond acceptors (Lipinski definition) is 2. The third kappa shape index (κ3) is 3.00. The molecule has 0 bridgehead atoms. The minimum atomic E-state index is -1.57. The largest absolute Gasteiger partial charge is 0.370 e. The number of H-pyrrole nitrogens is 1. The lowest BCUT2D eigenvalue weighted by molar-refractivity contribution is 0.0972. The highest BCUT2D eigenvalue weighted by Gasteiger charge is 2.26. The van der Waals surface area contributed by atoms with Crippen molar-refractivity contribution < 1.29 is 4.79 Å². The highest BCUT2D eigenvalue weighted by atomic mass is 35.6. The van der Waals surface area contributed by atoms with Crippen LogP contribution in [0.1, 0.15) is 16.1 Å². The molecule has 0 spiro atoms. The molecule has 106 valence electrons. The van der Waals surface area contributed by atoms with Gasteiger partial charge in [-0.1, -0.05) is 46.9 Å². The average molecular weight is 334 g/mol. The number of amides is 1. The van der Waals surface area contributed by atoms with Crippen LogP contribution >= 0.6 is 34.8 Å². The van der Waals surface area contributed by atoms with Gasteiger partial charge in [-0.15, -0.1) is 0 Å². The Morgan fingerprint density at radius 2 is 2.10 bits per heavy atom. The third-order valence-corrected chi connectivity index (χ3v) is 3.31. The Kier molecular flexibility index (Phi) is 4.13. The van der Waals surface area contributed by atoms with E-state index in [1.165, 1.54) is 7.05 Å². The fourth-order valence-corrected chi connectivity index (χ4v) is 2.26. The Labute approximate surface area is 130 Å². The van der Waals surface area contributed by atoms with Crippen molar-refractivity contribution in [1.82, 2.24) is 10.3 Å². The lowest BCUT2D eigenvalue weighted by Crippen LogP contribution is -2.36. The number of hydrogen-bond donors (Lipinski definition) is 3. The standard InChI is InChI=1S/C12H11Cl3N4O/c1-17-11(16)19-10(20)9-5-6-7(12(13,14)15)3-2-4-8(6)18-9/h2-5,18H,1H3,(H3,16,17,19,20). The Balaban J connectivity index is 2.47. The van der Waals surface area contributed by atoms with Crippen LogP contribution in [0.5, 0.6) is 0 Å². The number of nitrogens with one attached hydrogen (secondary N) is 2. The van der Waals surface area contributed by atoms with Crippen molar-refractivity contribution >= 4 is 57.6 Å². The van der Waals surface area contributed by atoms with E-state index in [1.54, 1.807) is 24.3 Å². The zero-order chi connectivity index (χ0) is 14.9. The van der Waals surface area contributed by atoms with Gasteiger partial charge in [0.05, 0.1) is 0 Å². The van der Waals surface area contributed by atoms with Gasteiger partial charge in [0.25, 0.3) is 5.91 Å². The number of alkyl halides is 3. The molecule has 20 heavy (non-hydrogen) atoms. The summed E-state index contributed by atoms with van der Waals surface area (Å²) in [6.07, 6.45) is 0. The van der Waals surface area contributed by atoms with Gasteiger partial charge in [-0.2, -0.15) is 0 Å². The van der Waals surface area contributed by atoms with E-state index < -0.39 is 9.70 Å². The van der Waals surface area contributed by atoms with Crippen molar-refractivity contribution in [1.29, 1.82) is 0 Å². The maximum absolute atomic E-state index is 11.9. The molecule has 1 amide bonds. The maximum Gasteiger partial charge on any atom is 0.274 e. The molecule has 5 nitrogen and oxygen atoms in total. The van der Waals surface area contributed by atoms with Crippen LogP contribution in [0.15, 0.2) is 29.3 Å². The second-order valence-corrected chi connectivity index (χ2v) is 6.29. The molecule has 1 aromatic heterocycles. The minimum absolute atomic E-state index is 0.0234. The number of fused-ring (bicyclic) bond motifs is 1. The summed E-state index contributed by atoms with van der Waals surface area (Å²) in [6, 6.07) is 6.81. The number of carbonyl (C=O) groups excluding carboxylic acids is 1. The maximum atomic E-state index is 11.9. The second-order valence-electron chi connectivity index (χ2n) is 4.01. The van der Waals surface area contributed by atoms with E-state index >= 15 is 0 Å². The van der Waals surface area contributed by atoms with Gasteiger partial charge >= 0.3 is 0 Å². The van der Waals surface area contributed by atoms with Crippen molar-refractivity contribution in [2.75, 3.05) is 7.05 Å². The van der Waals surface area contributed by atoms with E-state index in [-0.39, 0.29) is 5.96 Å². The van der Waals surface area contributed by atoms with Gasteiger partial charge in [0, 0.05) is 23.5 Å². The van der Waals surface area contributed by atoms with Crippen molar-refractivity contribution in [2.45, 2.75) is 3.79 Å². The molecule has 1 aromatic carbocycles. The fraction of sp³-hybridized carbons (Fsp3) is 0.167. The molecule has 0 saturated carbocycles. The number of carbonyl (C=O) groups is 1. The molecule has 0 fully saturated rings. The first-order chi connectivity index (χ1) is 9.32. The summed E-state index contributed by atoms with van der Waals surface area (Å²) in [4.78, 5) is 18.5. The van der Waals surface area contributed by atoms with Crippen LogP contribution in [0.25, 0.3) is 10.9 Å². The van der Waals surface area contributed by atoms with Crippen molar-refractivity contribution in [3.05, 3.63) is 35.5 Å². The van der Waals surface area contributed by atoms with Crippen LogP contribution < -0.4 is 11.1 Å². The van der Waals surface area contributed by atoms with Crippen LogP contribution in [0, 0.1) is 0 Å². The van der Waals surface area contributed by atoms with E-state index in [4.69, 9.17) is 40.5 Å². The lowest BCUT2D eigenvalue weighted by Gasteiger charge is -2.11. The van der Waals surface area contributed by atoms with Gasteiger partial charge in [0.1, 0.15) is 5.69 Å². The van der Waals surface area contributed by atoms with E-state index in [2.05, 4.69) is 15.3 Å². The number of aliphatic imine (C=N–C) groups is 1. The Hall–Kier alpha value is -1.43.